The number of amides is 1. The first-order valence-electron chi connectivity index (χ1n) is 9.41. The second-order valence-electron chi connectivity index (χ2n) is 7.41. The van der Waals surface area contributed by atoms with E-state index in [2.05, 4.69) is 26.1 Å². The Labute approximate surface area is 157 Å². The average Bonchev–Trinajstić information content (AvgIpc) is 3.13. The van der Waals surface area contributed by atoms with Gasteiger partial charge in [0, 0.05) is 37.3 Å². The number of hydrogen-bond acceptors (Lipinski definition) is 5. The molecule has 6 nitrogen and oxygen atoms in total. The van der Waals surface area contributed by atoms with Gasteiger partial charge in [0.25, 0.3) is 5.91 Å². The summed E-state index contributed by atoms with van der Waals surface area (Å²) >= 11 is 0. The molecule has 3 aromatic rings. The van der Waals surface area contributed by atoms with Gasteiger partial charge in [-0.1, -0.05) is 6.07 Å². The molecule has 6 heteroatoms. The van der Waals surface area contributed by atoms with Crippen LogP contribution in [0.5, 0.6) is 0 Å². The molecule has 1 aromatic carbocycles. The Kier molecular flexibility index (Phi) is 3.77. The van der Waals surface area contributed by atoms with Gasteiger partial charge in [0.1, 0.15) is 0 Å². The fourth-order valence-electron chi connectivity index (χ4n) is 3.94. The lowest BCUT2D eigenvalue weighted by Gasteiger charge is -2.44. The quantitative estimate of drug-likeness (QED) is 0.719. The first-order valence-corrected chi connectivity index (χ1v) is 9.41. The van der Waals surface area contributed by atoms with E-state index in [1.54, 1.807) is 6.20 Å². The molecule has 1 fully saturated rings. The molecule has 2 aromatic heterocycles. The lowest BCUT2D eigenvalue weighted by molar-refractivity contribution is 0.0705. The highest BCUT2D eigenvalue weighted by Gasteiger charge is 2.34. The summed E-state index contributed by atoms with van der Waals surface area (Å²) in [7, 11) is 1.88. The number of aryl methyl sites for hydroxylation is 2. The maximum Gasteiger partial charge on any atom is 0.253 e. The molecule has 136 valence electrons. The molecule has 1 amide bonds. The smallest absolute Gasteiger partial charge is 0.253 e. The van der Waals surface area contributed by atoms with Gasteiger partial charge in [-0.05, 0) is 55.2 Å². The highest BCUT2D eigenvalue weighted by Crippen LogP contribution is 2.27. The third kappa shape index (κ3) is 2.81. The van der Waals surface area contributed by atoms with Gasteiger partial charge >= 0.3 is 0 Å². The SMILES string of the molecule is CN(C(=O)c1ccc2ncccc2c1)C1CN(c2cc3c(nn2)CCC3)C1. The van der Waals surface area contributed by atoms with Crippen molar-refractivity contribution in [2.75, 3.05) is 25.0 Å². The zero-order valence-electron chi connectivity index (χ0n) is 15.3. The molecule has 1 aliphatic carbocycles. The largest absolute Gasteiger partial charge is 0.351 e. The molecule has 0 bridgehead atoms. The van der Waals surface area contributed by atoms with Crippen LogP contribution in [0.25, 0.3) is 10.9 Å². The number of pyridine rings is 1. The fraction of sp³-hybridized carbons (Fsp3) is 0.333. The predicted octanol–water partition coefficient (Wildman–Crippen LogP) is 2.47. The summed E-state index contributed by atoms with van der Waals surface area (Å²) in [6, 6.07) is 11.9. The Morgan fingerprint density at radius 2 is 2.04 bits per heavy atom. The maximum atomic E-state index is 12.9. The second-order valence-corrected chi connectivity index (χ2v) is 7.41. The third-order valence-corrected chi connectivity index (χ3v) is 5.71. The highest BCUT2D eigenvalue weighted by molar-refractivity contribution is 5.98. The molecule has 0 unspecified atom stereocenters. The van der Waals surface area contributed by atoms with Crippen molar-refractivity contribution in [3.05, 3.63) is 59.4 Å². The van der Waals surface area contributed by atoms with E-state index < -0.39 is 0 Å². The van der Waals surface area contributed by atoms with Crippen molar-refractivity contribution < 1.29 is 4.79 Å². The second kappa shape index (κ2) is 6.30. The van der Waals surface area contributed by atoms with Crippen LogP contribution in [0, 0.1) is 0 Å². The number of carbonyl (C=O) groups is 1. The van der Waals surface area contributed by atoms with Gasteiger partial charge in [0.2, 0.25) is 0 Å². The van der Waals surface area contributed by atoms with Gasteiger partial charge in [0.05, 0.1) is 17.3 Å². The average molecular weight is 359 g/mol. The van der Waals surface area contributed by atoms with Gasteiger partial charge in [0.15, 0.2) is 5.82 Å². The Bertz CT molecular complexity index is 1030. The van der Waals surface area contributed by atoms with Crippen molar-refractivity contribution in [2.24, 2.45) is 0 Å². The molecule has 0 saturated carbocycles. The minimum atomic E-state index is 0.0467. The van der Waals surface area contributed by atoms with E-state index in [4.69, 9.17) is 0 Å². The van der Waals surface area contributed by atoms with Crippen LogP contribution in [0.15, 0.2) is 42.6 Å². The minimum absolute atomic E-state index is 0.0467. The van der Waals surface area contributed by atoms with Crippen LogP contribution in [0.1, 0.15) is 28.0 Å². The number of likely N-dealkylation sites (N-methyl/N-ethyl adjacent to an activating group) is 1. The molecule has 5 rings (SSSR count). The molecule has 1 aliphatic heterocycles. The van der Waals surface area contributed by atoms with Crippen LogP contribution in [0.2, 0.25) is 0 Å². The summed E-state index contributed by atoms with van der Waals surface area (Å²) in [6.45, 7) is 1.59. The van der Waals surface area contributed by atoms with Crippen molar-refractivity contribution >= 4 is 22.6 Å². The van der Waals surface area contributed by atoms with E-state index >= 15 is 0 Å². The lowest BCUT2D eigenvalue weighted by Crippen LogP contribution is -2.60. The molecule has 0 N–H and O–H groups in total. The molecule has 27 heavy (non-hydrogen) atoms. The summed E-state index contributed by atoms with van der Waals surface area (Å²) in [5, 5.41) is 9.72. The van der Waals surface area contributed by atoms with Crippen LogP contribution >= 0.6 is 0 Å². The van der Waals surface area contributed by atoms with Crippen molar-refractivity contribution in [1.29, 1.82) is 0 Å². The molecule has 2 aliphatic rings. The highest BCUT2D eigenvalue weighted by atomic mass is 16.2. The number of carbonyl (C=O) groups excluding carboxylic acids is 1. The zero-order valence-corrected chi connectivity index (χ0v) is 15.3. The molecule has 1 saturated heterocycles. The van der Waals surface area contributed by atoms with Gasteiger partial charge in [-0.2, -0.15) is 5.10 Å². The molecule has 0 radical (unpaired) electrons. The standard InChI is InChI=1S/C21H21N5O/c1-25(21(27)16-7-8-18-14(10-16)5-3-9-22-18)17-12-26(13-17)20-11-15-4-2-6-19(15)23-24-20/h3,5,7-11,17H,2,4,6,12-13H2,1H3. The lowest BCUT2D eigenvalue weighted by atomic mass is 10.0. The summed E-state index contributed by atoms with van der Waals surface area (Å²) in [5.74, 6) is 0.981. The van der Waals surface area contributed by atoms with Crippen LogP contribution in [0.4, 0.5) is 5.82 Å². The van der Waals surface area contributed by atoms with Crippen molar-refractivity contribution in [1.82, 2.24) is 20.1 Å². The first-order chi connectivity index (χ1) is 13.2. The summed E-state index contributed by atoms with van der Waals surface area (Å²) in [5.41, 5.74) is 4.09. The molecule has 0 spiro atoms. The van der Waals surface area contributed by atoms with E-state index in [0.29, 0.717) is 5.56 Å². The molecule has 3 heterocycles. The normalized spacial score (nSPS) is 16.3. The number of aromatic nitrogens is 3. The van der Waals surface area contributed by atoms with E-state index in [0.717, 1.165) is 48.3 Å². The number of nitrogens with zero attached hydrogens (tertiary/aromatic N) is 5. The van der Waals surface area contributed by atoms with Crippen molar-refractivity contribution in [2.45, 2.75) is 25.3 Å². The number of benzene rings is 1. The molecular weight excluding hydrogens is 338 g/mol. The summed E-state index contributed by atoms with van der Waals surface area (Å²) in [4.78, 5) is 21.2. The predicted molar refractivity (Wildman–Crippen MR) is 104 cm³/mol. The first kappa shape index (κ1) is 16.2. The van der Waals surface area contributed by atoms with Crippen molar-refractivity contribution in [3.8, 4) is 0 Å². The number of fused-ring (bicyclic) bond motifs is 2. The van der Waals surface area contributed by atoms with Gasteiger partial charge < -0.3 is 9.80 Å². The van der Waals surface area contributed by atoms with Crippen molar-refractivity contribution in [3.63, 3.8) is 0 Å². The van der Waals surface area contributed by atoms with E-state index in [-0.39, 0.29) is 11.9 Å². The Hall–Kier alpha value is -3.02. The fourth-order valence-corrected chi connectivity index (χ4v) is 3.94. The Balaban J connectivity index is 1.27. The van der Waals surface area contributed by atoms with Gasteiger partial charge in [-0.25, -0.2) is 0 Å². The van der Waals surface area contributed by atoms with E-state index in [9.17, 15) is 4.79 Å². The van der Waals surface area contributed by atoms with Gasteiger partial charge in [-0.15, -0.1) is 5.10 Å². The van der Waals surface area contributed by atoms with Gasteiger partial charge in [-0.3, -0.25) is 9.78 Å². The maximum absolute atomic E-state index is 12.9. The number of rotatable bonds is 3. The Morgan fingerprint density at radius 3 is 2.93 bits per heavy atom. The van der Waals surface area contributed by atoms with E-state index in [1.165, 1.54) is 12.0 Å². The molecular formula is C21H21N5O. The van der Waals surface area contributed by atoms with Crippen LogP contribution < -0.4 is 4.90 Å². The Morgan fingerprint density at radius 1 is 1.15 bits per heavy atom. The zero-order chi connectivity index (χ0) is 18.4. The van der Waals surface area contributed by atoms with Crippen LogP contribution in [-0.4, -0.2) is 52.2 Å². The van der Waals surface area contributed by atoms with Crippen LogP contribution in [0.3, 0.4) is 0 Å². The summed E-state index contributed by atoms with van der Waals surface area (Å²) in [6.07, 6.45) is 5.09. The summed E-state index contributed by atoms with van der Waals surface area (Å²) < 4.78 is 0. The topological polar surface area (TPSA) is 62.2 Å². The minimum Gasteiger partial charge on any atom is -0.351 e. The van der Waals surface area contributed by atoms with Crippen LogP contribution in [-0.2, 0) is 12.8 Å². The number of anilines is 1. The third-order valence-electron chi connectivity index (χ3n) is 5.71. The monoisotopic (exact) mass is 359 g/mol. The van der Waals surface area contributed by atoms with E-state index in [1.807, 2.05) is 42.3 Å². The number of hydrogen-bond donors (Lipinski definition) is 0. The molecule has 0 atom stereocenters.